The number of hydrogen-bond acceptors (Lipinski definition) is 4. The minimum absolute atomic E-state index is 0.117. The van der Waals surface area contributed by atoms with Crippen molar-refractivity contribution in [2.75, 3.05) is 23.3 Å². The van der Waals surface area contributed by atoms with Crippen LogP contribution in [0.25, 0.3) is 0 Å². The van der Waals surface area contributed by atoms with Gasteiger partial charge in [-0.1, -0.05) is 0 Å². The lowest BCUT2D eigenvalue weighted by Crippen LogP contribution is -2.39. The van der Waals surface area contributed by atoms with E-state index >= 15 is 0 Å². The molecule has 3 rings (SSSR count). The van der Waals surface area contributed by atoms with Crippen LogP contribution < -0.4 is 14.4 Å². The second kappa shape index (κ2) is 6.49. The van der Waals surface area contributed by atoms with E-state index in [1.54, 1.807) is 20.9 Å². The maximum atomic E-state index is 13.8. The smallest absolute Gasteiger partial charge is 0.264 e. The Morgan fingerprint density at radius 2 is 1.85 bits per heavy atom. The van der Waals surface area contributed by atoms with Crippen LogP contribution in [0, 0.1) is 17.0 Å². The van der Waals surface area contributed by atoms with E-state index in [1.165, 1.54) is 23.1 Å². The Labute approximate surface area is 155 Å². The van der Waals surface area contributed by atoms with Gasteiger partial charge in [-0.3, -0.25) is 9.52 Å². The predicted molar refractivity (Wildman–Crippen MR) is 96.3 cm³/mol. The largest absolute Gasteiger partial charge is 0.490 e. The molecule has 0 aromatic heterocycles. The minimum Gasteiger partial charge on any atom is -0.490 e. The lowest BCUT2D eigenvalue weighted by atomic mass is 9.93. The molecule has 2 aromatic rings. The van der Waals surface area contributed by atoms with Gasteiger partial charge in [0.2, 0.25) is 5.91 Å². The first-order valence-corrected chi connectivity index (χ1v) is 9.52. The third-order valence-electron chi connectivity index (χ3n) is 4.23. The second-order valence-electron chi connectivity index (χ2n) is 6.90. The summed E-state index contributed by atoms with van der Waals surface area (Å²) in [6, 6.07) is 6.59. The van der Waals surface area contributed by atoms with Gasteiger partial charge < -0.3 is 9.64 Å². The van der Waals surface area contributed by atoms with Crippen molar-refractivity contribution in [3.8, 4) is 5.75 Å². The van der Waals surface area contributed by atoms with Crippen molar-refractivity contribution in [3.05, 3.63) is 48.0 Å². The lowest BCUT2D eigenvalue weighted by molar-refractivity contribution is -0.127. The normalized spacial score (nSPS) is 16.3. The Morgan fingerprint density at radius 1 is 1.15 bits per heavy atom. The molecular formula is C18H18F2N2O4S. The van der Waals surface area contributed by atoms with Gasteiger partial charge in [-0.15, -0.1) is 0 Å². The van der Waals surface area contributed by atoms with Gasteiger partial charge in [0.1, 0.15) is 28.9 Å². The maximum absolute atomic E-state index is 13.8. The van der Waals surface area contributed by atoms with E-state index in [0.717, 1.165) is 12.1 Å². The van der Waals surface area contributed by atoms with E-state index in [1.807, 2.05) is 0 Å². The summed E-state index contributed by atoms with van der Waals surface area (Å²) in [5.74, 6) is -1.89. The van der Waals surface area contributed by atoms with Crippen LogP contribution in [0.4, 0.5) is 20.2 Å². The molecule has 0 spiro atoms. The highest BCUT2D eigenvalue weighted by molar-refractivity contribution is 7.92. The van der Waals surface area contributed by atoms with Crippen LogP contribution in [0.2, 0.25) is 0 Å². The fraction of sp³-hybridized carbons (Fsp3) is 0.278. The average molecular weight is 396 g/mol. The topological polar surface area (TPSA) is 75.7 Å². The van der Waals surface area contributed by atoms with Gasteiger partial charge in [0.25, 0.3) is 10.0 Å². The maximum Gasteiger partial charge on any atom is 0.264 e. The number of anilines is 2. The molecule has 0 saturated heterocycles. The molecule has 0 atom stereocenters. The first-order chi connectivity index (χ1) is 12.5. The van der Waals surface area contributed by atoms with E-state index in [2.05, 4.69) is 4.72 Å². The molecule has 6 nitrogen and oxygen atoms in total. The Balaban J connectivity index is 1.94. The van der Waals surface area contributed by atoms with Gasteiger partial charge in [0.05, 0.1) is 16.8 Å². The second-order valence-corrected chi connectivity index (χ2v) is 8.55. The van der Waals surface area contributed by atoms with Crippen LogP contribution in [0.3, 0.4) is 0 Å². The molecule has 9 heteroatoms. The zero-order valence-corrected chi connectivity index (χ0v) is 15.7. The number of sulfonamides is 1. The molecule has 0 unspecified atom stereocenters. The monoisotopic (exact) mass is 396 g/mol. The van der Waals surface area contributed by atoms with Crippen LogP contribution in [0.15, 0.2) is 41.3 Å². The molecule has 1 N–H and O–H groups in total. The quantitative estimate of drug-likeness (QED) is 0.865. The summed E-state index contributed by atoms with van der Waals surface area (Å²) in [5.41, 5.74) is -0.135. The number of nitrogens with one attached hydrogen (secondary N) is 1. The van der Waals surface area contributed by atoms with Crippen LogP contribution in [0.5, 0.6) is 5.75 Å². The number of carbonyl (C=O) groups is 1. The van der Waals surface area contributed by atoms with Gasteiger partial charge in [-0.2, -0.15) is 0 Å². The van der Waals surface area contributed by atoms with E-state index < -0.39 is 32.0 Å². The summed E-state index contributed by atoms with van der Waals surface area (Å²) < 4.78 is 59.6. The van der Waals surface area contributed by atoms with Crippen LogP contribution >= 0.6 is 0 Å². The number of benzene rings is 2. The molecule has 1 aliphatic heterocycles. The molecule has 1 amide bonds. The summed E-state index contributed by atoms with van der Waals surface area (Å²) in [6.07, 6.45) is 0. The van der Waals surface area contributed by atoms with Crippen molar-refractivity contribution >= 4 is 27.3 Å². The molecular weight excluding hydrogens is 378 g/mol. The summed E-state index contributed by atoms with van der Waals surface area (Å²) >= 11 is 0. The van der Waals surface area contributed by atoms with Crippen molar-refractivity contribution in [2.45, 2.75) is 18.7 Å². The van der Waals surface area contributed by atoms with Gasteiger partial charge in [0, 0.05) is 19.2 Å². The zero-order valence-electron chi connectivity index (χ0n) is 14.9. The standard InChI is InChI=1S/C18H18F2N2O4S/c1-18(2)10-26-15-9-12(5-6-14(15)22(3)17(18)23)21-27(24,25)16-7-4-11(19)8-13(16)20/h4-9,21H,10H2,1-3H3. The van der Waals surface area contributed by atoms with Crippen molar-refractivity contribution in [3.63, 3.8) is 0 Å². The van der Waals surface area contributed by atoms with E-state index in [0.29, 0.717) is 17.5 Å². The summed E-state index contributed by atoms with van der Waals surface area (Å²) in [4.78, 5) is 13.2. The Kier molecular flexibility index (Phi) is 4.59. The Hall–Kier alpha value is -2.68. The van der Waals surface area contributed by atoms with Crippen LogP contribution in [0.1, 0.15) is 13.8 Å². The number of ether oxygens (including phenoxy) is 1. The third kappa shape index (κ3) is 3.59. The number of carbonyl (C=O) groups excluding carboxylic acids is 1. The fourth-order valence-corrected chi connectivity index (χ4v) is 3.87. The summed E-state index contributed by atoms with van der Waals surface area (Å²) in [6.45, 7) is 3.61. The first kappa shape index (κ1) is 19.1. The minimum atomic E-state index is -4.27. The molecule has 0 bridgehead atoms. The van der Waals surface area contributed by atoms with E-state index in [4.69, 9.17) is 4.74 Å². The Morgan fingerprint density at radius 3 is 2.52 bits per heavy atom. The number of hydrogen-bond donors (Lipinski definition) is 1. The van der Waals surface area contributed by atoms with Gasteiger partial charge in [0.15, 0.2) is 0 Å². The van der Waals surface area contributed by atoms with Crippen LogP contribution in [-0.2, 0) is 14.8 Å². The molecule has 2 aromatic carbocycles. The summed E-state index contributed by atoms with van der Waals surface area (Å²) in [5, 5.41) is 0. The highest BCUT2D eigenvalue weighted by Crippen LogP contribution is 2.37. The number of fused-ring (bicyclic) bond motifs is 1. The van der Waals surface area contributed by atoms with Gasteiger partial charge in [-0.25, -0.2) is 17.2 Å². The van der Waals surface area contributed by atoms with Crippen molar-refractivity contribution < 1.29 is 26.7 Å². The molecule has 0 aliphatic carbocycles. The van der Waals surface area contributed by atoms with Crippen molar-refractivity contribution in [1.82, 2.24) is 0 Å². The van der Waals surface area contributed by atoms with Crippen LogP contribution in [-0.4, -0.2) is 28.0 Å². The molecule has 0 saturated carbocycles. The van der Waals surface area contributed by atoms with E-state index in [9.17, 15) is 22.0 Å². The third-order valence-corrected chi connectivity index (χ3v) is 5.64. The molecule has 1 aliphatic rings. The number of rotatable bonds is 3. The zero-order chi connectivity index (χ0) is 20.0. The molecule has 0 fully saturated rings. The highest BCUT2D eigenvalue weighted by Gasteiger charge is 2.36. The van der Waals surface area contributed by atoms with Gasteiger partial charge >= 0.3 is 0 Å². The fourth-order valence-electron chi connectivity index (χ4n) is 2.76. The first-order valence-electron chi connectivity index (χ1n) is 8.04. The molecule has 27 heavy (non-hydrogen) atoms. The van der Waals surface area contributed by atoms with Crippen molar-refractivity contribution in [1.29, 1.82) is 0 Å². The molecule has 1 heterocycles. The number of nitrogens with zero attached hydrogens (tertiary/aromatic N) is 1. The lowest BCUT2D eigenvalue weighted by Gasteiger charge is -2.24. The number of amides is 1. The number of halogens is 2. The van der Waals surface area contributed by atoms with Gasteiger partial charge in [-0.05, 0) is 38.1 Å². The highest BCUT2D eigenvalue weighted by atomic mass is 32.2. The SMILES string of the molecule is CN1C(=O)C(C)(C)COc2cc(NS(=O)(=O)c3ccc(F)cc3F)ccc21. The summed E-state index contributed by atoms with van der Waals surface area (Å²) in [7, 11) is -2.66. The molecule has 0 radical (unpaired) electrons. The molecule has 144 valence electrons. The Bertz CT molecular complexity index is 1020. The van der Waals surface area contributed by atoms with Crippen molar-refractivity contribution in [2.24, 2.45) is 5.41 Å². The van der Waals surface area contributed by atoms with E-state index in [-0.39, 0.29) is 18.2 Å². The predicted octanol–water partition coefficient (Wildman–Crippen LogP) is 3.15. The average Bonchev–Trinajstić information content (AvgIpc) is 2.65.